The van der Waals surface area contributed by atoms with E-state index in [1.807, 2.05) is 49.1 Å². The van der Waals surface area contributed by atoms with Crippen molar-refractivity contribution in [3.05, 3.63) is 87.9 Å². The summed E-state index contributed by atoms with van der Waals surface area (Å²) in [5.74, 6) is 1.83. The zero-order valence-corrected chi connectivity index (χ0v) is 27.4. The van der Waals surface area contributed by atoms with Gasteiger partial charge in [0.25, 0.3) is 11.5 Å². The van der Waals surface area contributed by atoms with Gasteiger partial charge in [0.1, 0.15) is 17.3 Å². The average Bonchev–Trinajstić information content (AvgIpc) is 3.05. The molecule has 3 aromatic carbocycles. The Morgan fingerprint density at radius 1 is 0.913 bits per heavy atom. The van der Waals surface area contributed by atoms with Crippen LogP contribution in [0.4, 0.5) is 5.69 Å². The third kappa shape index (κ3) is 7.30. The van der Waals surface area contributed by atoms with E-state index in [9.17, 15) is 9.59 Å². The van der Waals surface area contributed by atoms with Crippen LogP contribution in [0.1, 0.15) is 19.7 Å². The normalized spacial score (nSPS) is 16.3. The van der Waals surface area contributed by atoms with Crippen LogP contribution in [0, 0.1) is 0 Å². The third-order valence-electron chi connectivity index (χ3n) is 8.53. The van der Waals surface area contributed by atoms with Gasteiger partial charge in [0.2, 0.25) is 0 Å². The summed E-state index contributed by atoms with van der Waals surface area (Å²) >= 11 is 5.95. The quantitative estimate of drug-likeness (QED) is 0.267. The number of aromatic nitrogens is 2. The lowest BCUT2D eigenvalue weighted by atomic mass is 10.2. The van der Waals surface area contributed by atoms with Gasteiger partial charge in [-0.05, 0) is 69.4 Å². The Bertz CT molecular complexity index is 1730. The molecule has 2 saturated heterocycles. The van der Waals surface area contributed by atoms with Crippen molar-refractivity contribution in [2.45, 2.75) is 26.5 Å². The number of halogens is 1. The molecule has 46 heavy (non-hydrogen) atoms. The highest BCUT2D eigenvalue weighted by atomic mass is 35.5. The molecule has 242 valence electrons. The Kier molecular flexibility index (Phi) is 9.77. The van der Waals surface area contributed by atoms with Gasteiger partial charge < -0.3 is 24.2 Å². The molecule has 1 aromatic heterocycles. The summed E-state index contributed by atoms with van der Waals surface area (Å²) in [4.78, 5) is 40.8. The summed E-state index contributed by atoms with van der Waals surface area (Å²) in [6.45, 7) is 10.7. The van der Waals surface area contributed by atoms with Crippen LogP contribution in [0.2, 0.25) is 5.02 Å². The molecule has 1 amide bonds. The molecular weight excluding hydrogens is 604 g/mol. The van der Waals surface area contributed by atoms with Gasteiger partial charge in [-0.15, -0.1) is 0 Å². The largest absolute Gasteiger partial charge is 0.489 e. The highest BCUT2D eigenvalue weighted by Gasteiger charge is 2.25. The van der Waals surface area contributed by atoms with Gasteiger partial charge >= 0.3 is 0 Å². The Morgan fingerprint density at radius 3 is 2.35 bits per heavy atom. The second-order valence-electron chi connectivity index (χ2n) is 12.2. The number of benzene rings is 3. The van der Waals surface area contributed by atoms with Crippen molar-refractivity contribution in [3.8, 4) is 17.2 Å². The van der Waals surface area contributed by atoms with Crippen LogP contribution in [0.3, 0.4) is 0 Å². The Labute approximate surface area is 274 Å². The van der Waals surface area contributed by atoms with Crippen molar-refractivity contribution in [3.63, 3.8) is 0 Å². The fraction of sp³-hybridized carbons (Fsp3) is 0.400. The number of carbonyl (C=O) groups is 1. The number of rotatable bonds is 9. The van der Waals surface area contributed by atoms with Crippen LogP contribution in [-0.4, -0.2) is 102 Å². The molecule has 11 heteroatoms. The lowest BCUT2D eigenvalue weighted by Gasteiger charge is -2.35. The minimum absolute atomic E-state index is 0.0316. The van der Waals surface area contributed by atoms with E-state index in [0.717, 1.165) is 31.9 Å². The summed E-state index contributed by atoms with van der Waals surface area (Å²) in [6, 6.07) is 20.6. The molecule has 0 radical (unpaired) electrons. The van der Waals surface area contributed by atoms with Crippen molar-refractivity contribution in [1.82, 2.24) is 24.3 Å². The number of anilines is 1. The predicted octanol–water partition coefficient (Wildman–Crippen LogP) is 4.30. The number of para-hydroxylation sites is 1. The van der Waals surface area contributed by atoms with Crippen molar-refractivity contribution >= 4 is 34.1 Å². The highest BCUT2D eigenvalue weighted by molar-refractivity contribution is 6.30. The maximum absolute atomic E-state index is 14.2. The van der Waals surface area contributed by atoms with Crippen molar-refractivity contribution in [2.24, 2.45) is 0 Å². The molecule has 0 spiro atoms. The first-order chi connectivity index (χ1) is 22.2. The van der Waals surface area contributed by atoms with Gasteiger partial charge in [-0.1, -0.05) is 23.7 Å². The molecule has 0 aliphatic carbocycles. The molecule has 0 atom stereocenters. The Balaban J connectivity index is 1.24. The predicted molar refractivity (Wildman–Crippen MR) is 182 cm³/mol. The first kappa shape index (κ1) is 31.8. The molecule has 0 saturated carbocycles. The minimum Gasteiger partial charge on any atom is -0.489 e. The summed E-state index contributed by atoms with van der Waals surface area (Å²) in [5, 5.41) is 1.17. The number of ether oxygens (including phenoxy) is 2. The van der Waals surface area contributed by atoms with Crippen LogP contribution >= 0.6 is 11.6 Å². The van der Waals surface area contributed by atoms with Gasteiger partial charge in [0.15, 0.2) is 6.61 Å². The molecule has 0 bridgehead atoms. The first-order valence-electron chi connectivity index (χ1n) is 15.9. The fourth-order valence-electron chi connectivity index (χ4n) is 5.95. The molecule has 4 aromatic rings. The Hall–Kier alpha value is -4.12. The smallest absolute Gasteiger partial charge is 0.266 e. The molecule has 10 nitrogen and oxygen atoms in total. The van der Waals surface area contributed by atoms with E-state index in [2.05, 4.69) is 33.9 Å². The minimum atomic E-state index is -0.130. The van der Waals surface area contributed by atoms with Crippen LogP contribution in [-0.2, 0) is 11.3 Å². The molecule has 3 heterocycles. The summed E-state index contributed by atoms with van der Waals surface area (Å²) in [6.07, 6.45) is -0.0802. The molecular formula is C35H41ClN6O4. The van der Waals surface area contributed by atoms with E-state index in [1.54, 1.807) is 28.8 Å². The standard InChI is InChI=1S/C35H41ClN6O4/c1-25(2)46-32-22-27(40-18-14-38(3)15-19-40)10-13-31(32)42-33(37-30-7-5-4-6-29(30)35(42)44)23-39-16-20-41(21-17-39)34(43)24-45-28-11-8-26(36)9-12-28/h4-13,22,25H,14-21,23-24H2,1-3H3. The average molecular weight is 645 g/mol. The van der Waals surface area contributed by atoms with Crippen LogP contribution in [0.5, 0.6) is 11.5 Å². The molecule has 0 N–H and O–H groups in total. The molecule has 6 rings (SSSR count). The number of likely N-dealkylation sites (N-methyl/N-ethyl adjacent to an activating group) is 1. The number of amides is 1. The third-order valence-corrected chi connectivity index (χ3v) is 8.78. The zero-order chi connectivity index (χ0) is 32.2. The van der Waals surface area contributed by atoms with E-state index in [1.165, 1.54) is 0 Å². The molecule has 2 fully saturated rings. The van der Waals surface area contributed by atoms with E-state index < -0.39 is 0 Å². The second-order valence-corrected chi connectivity index (χ2v) is 12.6. The topological polar surface area (TPSA) is 83.4 Å². The second kappa shape index (κ2) is 14.1. The van der Waals surface area contributed by atoms with Crippen molar-refractivity contribution < 1.29 is 14.3 Å². The monoisotopic (exact) mass is 644 g/mol. The van der Waals surface area contributed by atoms with E-state index in [0.29, 0.717) is 71.7 Å². The fourth-order valence-corrected chi connectivity index (χ4v) is 6.08. The maximum atomic E-state index is 14.2. The highest BCUT2D eigenvalue weighted by Crippen LogP contribution is 2.31. The van der Waals surface area contributed by atoms with E-state index in [4.69, 9.17) is 26.1 Å². The summed E-state index contributed by atoms with van der Waals surface area (Å²) in [7, 11) is 2.14. The van der Waals surface area contributed by atoms with Crippen molar-refractivity contribution in [2.75, 3.05) is 70.9 Å². The van der Waals surface area contributed by atoms with Crippen LogP contribution in [0.25, 0.3) is 16.6 Å². The SMILES string of the molecule is CC(C)Oc1cc(N2CCN(C)CC2)ccc1-n1c(CN2CCN(C(=O)COc3ccc(Cl)cc3)CC2)nc2ccccc2c1=O. The van der Waals surface area contributed by atoms with Crippen LogP contribution < -0.4 is 19.9 Å². The van der Waals surface area contributed by atoms with Gasteiger partial charge in [-0.25, -0.2) is 4.98 Å². The van der Waals surface area contributed by atoms with Crippen molar-refractivity contribution in [1.29, 1.82) is 0 Å². The number of fused-ring (bicyclic) bond motifs is 1. The van der Waals surface area contributed by atoms with Gasteiger partial charge in [0.05, 0.1) is 29.2 Å². The maximum Gasteiger partial charge on any atom is 0.266 e. The number of hydrogen-bond donors (Lipinski definition) is 0. The van der Waals surface area contributed by atoms with E-state index in [-0.39, 0.29) is 24.2 Å². The lowest BCUT2D eigenvalue weighted by Crippen LogP contribution is -2.50. The number of hydrogen-bond acceptors (Lipinski definition) is 8. The number of nitrogens with zero attached hydrogens (tertiary/aromatic N) is 6. The summed E-state index contributed by atoms with van der Waals surface area (Å²) < 4.78 is 13.8. The molecule has 2 aliphatic heterocycles. The van der Waals surface area contributed by atoms with Gasteiger partial charge in [-0.2, -0.15) is 0 Å². The molecule has 2 aliphatic rings. The van der Waals surface area contributed by atoms with Gasteiger partial charge in [0, 0.05) is 69.1 Å². The van der Waals surface area contributed by atoms with Crippen LogP contribution in [0.15, 0.2) is 71.5 Å². The van der Waals surface area contributed by atoms with Gasteiger partial charge in [-0.3, -0.25) is 19.1 Å². The van der Waals surface area contributed by atoms with E-state index >= 15 is 0 Å². The first-order valence-corrected chi connectivity index (χ1v) is 16.3. The molecule has 0 unspecified atom stereocenters. The zero-order valence-electron chi connectivity index (χ0n) is 26.7. The number of carbonyl (C=O) groups excluding carboxylic acids is 1. The Morgan fingerprint density at radius 2 is 1.63 bits per heavy atom. The lowest BCUT2D eigenvalue weighted by molar-refractivity contribution is -0.135. The number of piperazine rings is 2. The summed E-state index contributed by atoms with van der Waals surface area (Å²) in [5.41, 5.74) is 2.29.